The van der Waals surface area contributed by atoms with Crippen LogP contribution in [0.2, 0.25) is 0 Å². The molecule has 1 aromatic heterocycles. The lowest BCUT2D eigenvalue weighted by atomic mass is 10.1. The number of aliphatic hydroxyl groups is 1. The van der Waals surface area contributed by atoms with E-state index in [1.54, 1.807) is 6.08 Å². The van der Waals surface area contributed by atoms with Crippen molar-refractivity contribution in [3.63, 3.8) is 0 Å². The van der Waals surface area contributed by atoms with Gasteiger partial charge in [0.2, 0.25) is 0 Å². The third-order valence-corrected chi connectivity index (χ3v) is 5.27. The fraction of sp³-hybridized carbons (Fsp3) is 0.292. The number of benzene rings is 2. The van der Waals surface area contributed by atoms with Crippen molar-refractivity contribution >= 4 is 22.8 Å². The minimum Gasteiger partial charge on any atom is -0.390 e. The van der Waals surface area contributed by atoms with Gasteiger partial charge in [-0.25, -0.2) is 0 Å². The number of ketones is 1. The number of hydrogen-bond acceptors (Lipinski definition) is 4. The minimum absolute atomic E-state index is 0.0187. The van der Waals surface area contributed by atoms with E-state index in [0.717, 1.165) is 42.8 Å². The lowest BCUT2D eigenvalue weighted by Crippen LogP contribution is -2.41. The molecule has 0 bridgehead atoms. The largest absolute Gasteiger partial charge is 0.390 e. The Balaban J connectivity index is 1.52. The lowest BCUT2D eigenvalue weighted by molar-refractivity contribution is 0.0117. The summed E-state index contributed by atoms with van der Waals surface area (Å²) in [6.07, 6.45) is 5.03. The van der Waals surface area contributed by atoms with Gasteiger partial charge in [0.05, 0.1) is 19.3 Å². The smallest absolute Gasteiger partial charge is 0.185 e. The normalized spacial score (nSPS) is 16.4. The molecule has 0 spiro atoms. The Bertz CT molecular complexity index is 988. The summed E-state index contributed by atoms with van der Waals surface area (Å²) in [4.78, 5) is 14.6. The molecule has 5 nitrogen and oxygen atoms in total. The minimum atomic E-state index is -0.466. The van der Waals surface area contributed by atoms with Gasteiger partial charge in [-0.15, -0.1) is 0 Å². The van der Waals surface area contributed by atoms with Gasteiger partial charge >= 0.3 is 0 Å². The molecule has 1 aliphatic rings. The maximum absolute atomic E-state index is 12.4. The number of fused-ring (bicyclic) bond motifs is 1. The summed E-state index contributed by atoms with van der Waals surface area (Å²) in [5.41, 5.74) is 2.71. The van der Waals surface area contributed by atoms with Gasteiger partial charge in [-0.05, 0) is 18.2 Å². The molecule has 1 aliphatic heterocycles. The van der Waals surface area contributed by atoms with Crippen molar-refractivity contribution in [3.05, 3.63) is 78.0 Å². The first-order valence-electron chi connectivity index (χ1n) is 10.0. The Hall–Kier alpha value is -2.73. The van der Waals surface area contributed by atoms with E-state index in [4.69, 9.17) is 4.74 Å². The van der Waals surface area contributed by atoms with Gasteiger partial charge < -0.3 is 14.4 Å². The Kier molecular flexibility index (Phi) is 6.20. The van der Waals surface area contributed by atoms with Gasteiger partial charge in [-0.2, -0.15) is 0 Å². The highest BCUT2D eigenvalue weighted by molar-refractivity contribution is 6.07. The van der Waals surface area contributed by atoms with Gasteiger partial charge in [0, 0.05) is 54.4 Å². The molecule has 1 atom stereocenters. The third kappa shape index (κ3) is 4.82. The van der Waals surface area contributed by atoms with E-state index in [-0.39, 0.29) is 5.78 Å². The number of morpholine rings is 1. The molecule has 0 radical (unpaired) electrons. The zero-order chi connectivity index (χ0) is 20.1. The molecule has 1 N–H and O–H groups in total. The number of allylic oxidation sites excluding steroid dienone is 1. The van der Waals surface area contributed by atoms with Crippen molar-refractivity contribution in [2.45, 2.75) is 12.6 Å². The summed E-state index contributed by atoms with van der Waals surface area (Å²) in [5.74, 6) is -0.0187. The first-order valence-corrected chi connectivity index (χ1v) is 10.0. The molecule has 150 valence electrons. The van der Waals surface area contributed by atoms with Crippen molar-refractivity contribution in [3.8, 4) is 0 Å². The van der Waals surface area contributed by atoms with E-state index in [0.29, 0.717) is 18.7 Å². The summed E-state index contributed by atoms with van der Waals surface area (Å²) in [7, 11) is 0. The zero-order valence-electron chi connectivity index (χ0n) is 16.4. The predicted molar refractivity (Wildman–Crippen MR) is 115 cm³/mol. The van der Waals surface area contributed by atoms with Crippen LogP contribution in [0, 0.1) is 0 Å². The number of β-amino-alcohol motifs (C(OH)–C–C–N with tert-alkyl or cyclic N) is 1. The predicted octanol–water partition coefficient (Wildman–Crippen LogP) is 3.23. The number of carbonyl (C=O) groups is 1. The van der Waals surface area contributed by atoms with Crippen LogP contribution >= 0.6 is 0 Å². The number of nitrogens with zero attached hydrogens (tertiary/aromatic N) is 2. The number of ether oxygens (including phenoxy) is 1. The summed E-state index contributed by atoms with van der Waals surface area (Å²) in [5, 5.41) is 11.7. The molecule has 5 heteroatoms. The van der Waals surface area contributed by atoms with Crippen LogP contribution in [0.4, 0.5) is 0 Å². The molecular formula is C24H26N2O3. The van der Waals surface area contributed by atoms with E-state index in [1.165, 1.54) is 0 Å². The monoisotopic (exact) mass is 390 g/mol. The van der Waals surface area contributed by atoms with Crippen molar-refractivity contribution in [2.75, 3.05) is 32.8 Å². The average molecular weight is 390 g/mol. The van der Waals surface area contributed by atoms with Crippen molar-refractivity contribution < 1.29 is 14.6 Å². The molecule has 3 aromatic rings. The molecule has 0 aliphatic carbocycles. The van der Waals surface area contributed by atoms with Gasteiger partial charge in [-0.3, -0.25) is 9.69 Å². The second kappa shape index (κ2) is 9.18. The molecule has 1 saturated heterocycles. The first kappa shape index (κ1) is 19.6. The SMILES string of the molecule is O=C(/C=C/c1cn(CC(O)CN2CCOCC2)c2ccccc12)c1ccccc1. The number of para-hydroxylation sites is 1. The molecule has 2 heterocycles. The highest BCUT2D eigenvalue weighted by atomic mass is 16.5. The number of aromatic nitrogens is 1. The molecular weight excluding hydrogens is 364 g/mol. The maximum Gasteiger partial charge on any atom is 0.185 e. The van der Waals surface area contributed by atoms with E-state index in [1.807, 2.05) is 66.9 Å². The van der Waals surface area contributed by atoms with Crippen LogP contribution in [0.1, 0.15) is 15.9 Å². The van der Waals surface area contributed by atoms with Crippen molar-refractivity contribution in [2.24, 2.45) is 0 Å². The highest BCUT2D eigenvalue weighted by Gasteiger charge is 2.16. The van der Waals surface area contributed by atoms with Crippen LogP contribution in [0.5, 0.6) is 0 Å². The third-order valence-electron chi connectivity index (χ3n) is 5.27. The van der Waals surface area contributed by atoms with Gasteiger partial charge in [-0.1, -0.05) is 48.5 Å². The Morgan fingerprint density at radius 1 is 1.03 bits per heavy atom. The number of rotatable bonds is 7. The van der Waals surface area contributed by atoms with Crippen molar-refractivity contribution in [1.29, 1.82) is 0 Å². The maximum atomic E-state index is 12.4. The Morgan fingerprint density at radius 2 is 1.76 bits per heavy atom. The second-order valence-electron chi connectivity index (χ2n) is 7.38. The summed E-state index contributed by atoms with van der Waals surface area (Å²) < 4.78 is 7.45. The molecule has 1 unspecified atom stereocenters. The first-order chi connectivity index (χ1) is 14.2. The van der Waals surface area contributed by atoms with Crippen LogP contribution in [0.15, 0.2) is 66.9 Å². The number of aliphatic hydroxyl groups excluding tert-OH is 1. The van der Waals surface area contributed by atoms with E-state index >= 15 is 0 Å². The van der Waals surface area contributed by atoms with Crippen LogP contribution < -0.4 is 0 Å². The molecule has 4 rings (SSSR count). The summed E-state index contributed by atoms with van der Waals surface area (Å²) >= 11 is 0. The molecule has 0 amide bonds. The highest BCUT2D eigenvalue weighted by Crippen LogP contribution is 2.23. The summed E-state index contributed by atoms with van der Waals surface area (Å²) in [6, 6.07) is 17.3. The van der Waals surface area contributed by atoms with Crippen LogP contribution in [-0.2, 0) is 11.3 Å². The molecule has 0 saturated carbocycles. The van der Waals surface area contributed by atoms with Gasteiger partial charge in [0.25, 0.3) is 0 Å². The lowest BCUT2D eigenvalue weighted by Gasteiger charge is -2.28. The van der Waals surface area contributed by atoms with Crippen LogP contribution in [-0.4, -0.2) is 59.3 Å². The van der Waals surface area contributed by atoms with Gasteiger partial charge in [0.15, 0.2) is 5.78 Å². The van der Waals surface area contributed by atoms with E-state index in [2.05, 4.69) is 9.47 Å². The second-order valence-corrected chi connectivity index (χ2v) is 7.38. The van der Waals surface area contributed by atoms with Crippen LogP contribution in [0.3, 0.4) is 0 Å². The Labute approximate surface area is 170 Å². The standard InChI is InChI=1S/C24H26N2O3/c27-21(17-25-12-14-29-15-13-25)18-26-16-20(22-8-4-5-9-23(22)26)10-11-24(28)19-6-2-1-3-7-19/h1-11,16,21,27H,12-15,17-18H2/b11-10+. The van der Waals surface area contributed by atoms with Crippen LogP contribution in [0.25, 0.3) is 17.0 Å². The summed E-state index contributed by atoms with van der Waals surface area (Å²) in [6.45, 7) is 4.32. The van der Waals surface area contributed by atoms with E-state index < -0.39 is 6.10 Å². The van der Waals surface area contributed by atoms with E-state index in [9.17, 15) is 9.90 Å². The number of carbonyl (C=O) groups excluding carboxylic acids is 1. The molecule has 1 fully saturated rings. The zero-order valence-corrected chi connectivity index (χ0v) is 16.4. The topological polar surface area (TPSA) is 54.7 Å². The Morgan fingerprint density at radius 3 is 2.55 bits per heavy atom. The molecule has 29 heavy (non-hydrogen) atoms. The fourth-order valence-electron chi connectivity index (χ4n) is 3.79. The van der Waals surface area contributed by atoms with Gasteiger partial charge in [0.1, 0.15) is 0 Å². The molecule has 2 aromatic carbocycles. The van der Waals surface area contributed by atoms with Crippen molar-refractivity contribution in [1.82, 2.24) is 9.47 Å². The fourth-order valence-corrected chi connectivity index (χ4v) is 3.79. The average Bonchev–Trinajstić information content (AvgIpc) is 3.11. The quantitative estimate of drug-likeness (QED) is 0.497. The number of hydrogen-bond donors (Lipinski definition) is 1.